The third kappa shape index (κ3) is 5.49. The minimum atomic E-state index is -5.29. The lowest BCUT2D eigenvalue weighted by atomic mass is 10.2. The summed E-state index contributed by atoms with van der Waals surface area (Å²) < 4.78 is 73.3. The van der Waals surface area contributed by atoms with Crippen molar-refractivity contribution in [3.05, 3.63) is 0 Å². The topological polar surface area (TPSA) is 52.3 Å². The van der Waals surface area contributed by atoms with Gasteiger partial charge in [-0.25, -0.2) is 4.79 Å². The van der Waals surface area contributed by atoms with Gasteiger partial charge >= 0.3 is 18.4 Å². The third-order valence-corrected chi connectivity index (χ3v) is 1.04. The number of hydrogen-bond donors (Lipinski definition) is 1. The van der Waals surface area contributed by atoms with Crippen LogP contribution in [0.4, 0.5) is 31.1 Å². The summed E-state index contributed by atoms with van der Waals surface area (Å²) in [5.74, 6) is 0. The summed E-state index contributed by atoms with van der Waals surface area (Å²) >= 11 is 0. The molecule has 0 saturated carbocycles. The zero-order valence-corrected chi connectivity index (χ0v) is 6.45. The summed E-state index contributed by atoms with van der Waals surface area (Å²) in [4.78, 5) is 9.87. The standard InChI is InChI=1S/C5H5F6NO2/c6-4(7,8)1-2(5(9,10)11)14-3(12)13/h2H,1H2,(H2,12,13). The number of halogens is 6. The highest BCUT2D eigenvalue weighted by Crippen LogP contribution is 2.32. The Kier molecular flexibility index (Phi) is 3.60. The van der Waals surface area contributed by atoms with E-state index >= 15 is 0 Å². The number of amides is 1. The Balaban J connectivity index is 4.50. The fourth-order valence-electron chi connectivity index (χ4n) is 0.575. The molecule has 0 aromatic rings. The molecule has 14 heavy (non-hydrogen) atoms. The van der Waals surface area contributed by atoms with Crippen LogP contribution in [0.25, 0.3) is 0 Å². The Bertz CT molecular complexity index is 209. The number of ether oxygens (including phenoxy) is 1. The van der Waals surface area contributed by atoms with Gasteiger partial charge in [0.25, 0.3) is 0 Å². The van der Waals surface area contributed by atoms with Gasteiger partial charge in [-0.2, -0.15) is 26.3 Å². The summed E-state index contributed by atoms with van der Waals surface area (Å²) in [5.41, 5.74) is 4.18. The number of rotatable bonds is 2. The van der Waals surface area contributed by atoms with Gasteiger partial charge in [0.2, 0.25) is 6.10 Å². The lowest BCUT2D eigenvalue weighted by Crippen LogP contribution is -2.39. The molecule has 0 aliphatic rings. The number of primary amides is 1. The van der Waals surface area contributed by atoms with Crippen LogP contribution in [-0.4, -0.2) is 24.5 Å². The second-order valence-electron chi connectivity index (χ2n) is 2.29. The van der Waals surface area contributed by atoms with Gasteiger partial charge < -0.3 is 10.5 Å². The van der Waals surface area contributed by atoms with E-state index in [9.17, 15) is 31.1 Å². The van der Waals surface area contributed by atoms with E-state index in [4.69, 9.17) is 0 Å². The van der Waals surface area contributed by atoms with E-state index in [1.807, 2.05) is 0 Å². The molecule has 0 spiro atoms. The van der Waals surface area contributed by atoms with E-state index in [0.717, 1.165) is 0 Å². The molecule has 0 rings (SSSR count). The average Bonchev–Trinajstić information content (AvgIpc) is 1.78. The largest absolute Gasteiger partial charge is 0.436 e. The van der Waals surface area contributed by atoms with E-state index in [2.05, 4.69) is 10.5 Å². The van der Waals surface area contributed by atoms with Crippen LogP contribution in [-0.2, 0) is 4.74 Å². The molecular formula is C5H5F6NO2. The Hall–Kier alpha value is -1.15. The molecule has 1 amide bonds. The summed E-state index contributed by atoms with van der Waals surface area (Å²) in [6, 6.07) is 0. The number of carbonyl (C=O) groups is 1. The van der Waals surface area contributed by atoms with E-state index in [1.165, 1.54) is 0 Å². The van der Waals surface area contributed by atoms with E-state index in [0.29, 0.717) is 0 Å². The van der Waals surface area contributed by atoms with Crippen molar-refractivity contribution in [2.45, 2.75) is 24.9 Å². The van der Waals surface area contributed by atoms with Crippen LogP contribution in [0.1, 0.15) is 6.42 Å². The Morgan fingerprint density at radius 3 is 1.86 bits per heavy atom. The smallest absolute Gasteiger partial charge is 0.425 e. The molecule has 0 bridgehead atoms. The predicted molar refractivity (Wildman–Crippen MR) is 31.2 cm³/mol. The van der Waals surface area contributed by atoms with Crippen molar-refractivity contribution < 1.29 is 35.9 Å². The van der Waals surface area contributed by atoms with Crippen LogP contribution >= 0.6 is 0 Å². The zero-order valence-electron chi connectivity index (χ0n) is 6.45. The monoisotopic (exact) mass is 225 g/mol. The quantitative estimate of drug-likeness (QED) is 0.730. The molecule has 1 atom stereocenters. The minimum Gasteiger partial charge on any atom is -0.436 e. The van der Waals surface area contributed by atoms with Gasteiger partial charge in [-0.3, -0.25) is 0 Å². The van der Waals surface area contributed by atoms with Gasteiger partial charge in [0.15, 0.2) is 0 Å². The molecule has 0 aromatic carbocycles. The first kappa shape index (κ1) is 12.8. The fraction of sp³-hybridized carbons (Fsp3) is 0.800. The molecule has 3 nitrogen and oxygen atoms in total. The molecule has 2 N–H and O–H groups in total. The highest BCUT2D eigenvalue weighted by atomic mass is 19.4. The molecule has 0 aliphatic carbocycles. The third-order valence-electron chi connectivity index (χ3n) is 1.04. The molecule has 0 radical (unpaired) electrons. The lowest BCUT2D eigenvalue weighted by Gasteiger charge is -2.20. The molecule has 1 unspecified atom stereocenters. The van der Waals surface area contributed by atoms with E-state index < -0.39 is 31.0 Å². The second kappa shape index (κ2) is 3.93. The molecule has 84 valence electrons. The summed E-state index contributed by atoms with van der Waals surface area (Å²) in [6.45, 7) is 0. The van der Waals surface area contributed by atoms with Crippen LogP contribution in [0.5, 0.6) is 0 Å². The van der Waals surface area contributed by atoms with E-state index in [1.54, 1.807) is 0 Å². The van der Waals surface area contributed by atoms with Crippen LogP contribution in [0.15, 0.2) is 0 Å². The number of carbonyl (C=O) groups excluding carboxylic acids is 1. The van der Waals surface area contributed by atoms with Crippen LogP contribution < -0.4 is 5.73 Å². The maximum Gasteiger partial charge on any atom is 0.425 e. The average molecular weight is 225 g/mol. The molecule has 0 fully saturated rings. The Morgan fingerprint density at radius 2 is 1.64 bits per heavy atom. The Morgan fingerprint density at radius 1 is 1.21 bits per heavy atom. The van der Waals surface area contributed by atoms with Gasteiger partial charge in [-0.05, 0) is 0 Å². The van der Waals surface area contributed by atoms with Gasteiger partial charge in [0, 0.05) is 0 Å². The van der Waals surface area contributed by atoms with Gasteiger partial charge in [0.1, 0.15) is 0 Å². The van der Waals surface area contributed by atoms with Gasteiger partial charge in [-0.1, -0.05) is 0 Å². The number of alkyl halides is 6. The second-order valence-corrected chi connectivity index (χ2v) is 2.29. The lowest BCUT2D eigenvalue weighted by molar-refractivity contribution is -0.240. The maximum absolute atomic E-state index is 11.8. The van der Waals surface area contributed by atoms with Gasteiger partial charge in [-0.15, -0.1) is 0 Å². The summed E-state index contributed by atoms with van der Waals surface area (Å²) in [5, 5.41) is 0. The fourth-order valence-corrected chi connectivity index (χ4v) is 0.575. The minimum absolute atomic E-state index is 1.91. The van der Waals surface area contributed by atoms with Crippen molar-refractivity contribution in [1.29, 1.82) is 0 Å². The number of nitrogens with two attached hydrogens (primary N) is 1. The molecule has 0 saturated heterocycles. The summed E-state index contributed by atoms with van der Waals surface area (Å²) in [7, 11) is 0. The normalized spacial score (nSPS) is 15.0. The molecular weight excluding hydrogens is 220 g/mol. The SMILES string of the molecule is NC(=O)OC(CC(F)(F)F)C(F)(F)F. The highest BCUT2D eigenvalue weighted by molar-refractivity contribution is 5.64. The van der Waals surface area contributed by atoms with Crippen LogP contribution in [0.3, 0.4) is 0 Å². The summed E-state index contributed by atoms with van der Waals surface area (Å²) in [6.07, 6.45) is -17.8. The molecule has 0 aromatic heterocycles. The highest BCUT2D eigenvalue weighted by Gasteiger charge is 2.49. The molecule has 9 heteroatoms. The predicted octanol–water partition coefficient (Wildman–Crippen LogP) is 1.97. The maximum atomic E-state index is 11.8. The van der Waals surface area contributed by atoms with Crippen LogP contribution in [0, 0.1) is 0 Å². The van der Waals surface area contributed by atoms with Crippen molar-refractivity contribution in [3.63, 3.8) is 0 Å². The van der Waals surface area contributed by atoms with Crippen molar-refractivity contribution in [2.75, 3.05) is 0 Å². The van der Waals surface area contributed by atoms with Gasteiger partial charge in [0.05, 0.1) is 6.42 Å². The van der Waals surface area contributed by atoms with Crippen molar-refractivity contribution in [3.8, 4) is 0 Å². The number of hydrogen-bond acceptors (Lipinski definition) is 2. The van der Waals surface area contributed by atoms with Crippen molar-refractivity contribution >= 4 is 6.09 Å². The van der Waals surface area contributed by atoms with Crippen molar-refractivity contribution in [1.82, 2.24) is 0 Å². The molecule has 0 aliphatic heterocycles. The first-order valence-electron chi connectivity index (χ1n) is 3.12. The van der Waals surface area contributed by atoms with Crippen LogP contribution in [0.2, 0.25) is 0 Å². The van der Waals surface area contributed by atoms with E-state index in [-0.39, 0.29) is 0 Å². The zero-order chi connectivity index (χ0) is 11.6. The van der Waals surface area contributed by atoms with Crippen molar-refractivity contribution in [2.24, 2.45) is 5.73 Å². The molecule has 0 heterocycles. The first-order chi connectivity index (χ1) is 6.02. The first-order valence-corrected chi connectivity index (χ1v) is 3.12. The Labute approximate surface area is 73.8 Å².